The third-order valence-electron chi connectivity index (χ3n) is 1.46. The predicted octanol–water partition coefficient (Wildman–Crippen LogP) is 3.25. The molecular weight excluding hydrogens is 208 g/mol. The van der Waals surface area contributed by atoms with E-state index in [4.69, 9.17) is 3.40 Å². The fraction of sp³-hybridized carbons (Fsp3) is 1.00. The van der Waals surface area contributed by atoms with Gasteiger partial charge in [-0.15, -0.1) is 0 Å². The molecule has 0 fully saturated rings. The normalized spacial score (nSPS) is 8.20. The summed E-state index contributed by atoms with van der Waals surface area (Å²) in [4.78, 5) is 0. The second-order valence-corrected chi connectivity index (χ2v) is 2.41. The molecule has 0 N–H and O–H groups in total. The molecule has 0 heterocycles. The number of hydrogen-bond donors (Lipinski definition) is 0. The van der Waals surface area contributed by atoms with Crippen LogP contribution in [0.2, 0.25) is 0 Å². The molecule has 62 valence electrons. The summed E-state index contributed by atoms with van der Waals surface area (Å²) in [7, 11) is 0. The van der Waals surface area contributed by atoms with Crippen LogP contribution in [0.4, 0.5) is 0 Å². The van der Waals surface area contributed by atoms with Crippen molar-refractivity contribution in [3.8, 4) is 0 Å². The molecule has 0 radical (unpaired) electrons. The third-order valence-corrected chi connectivity index (χ3v) is 1.46. The van der Waals surface area contributed by atoms with E-state index in [2.05, 4.69) is 13.8 Å². The zero-order chi connectivity index (χ0) is 8.24. The fourth-order valence-corrected chi connectivity index (χ4v) is 0.854. The summed E-state index contributed by atoms with van der Waals surface area (Å²) in [6.45, 7) is 4.51. The van der Waals surface area contributed by atoms with Gasteiger partial charge in [0.2, 0.25) is 0 Å². The van der Waals surface area contributed by atoms with Gasteiger partial charge in [-0.2, -0.15) is 0 Å². The average molecular weight is 226 g/mol. The van der Waals surface area contributed by atoms with Gasteiger partial charge in [-0.25, -0.2) is 0 Å². The van der Waals surface area contributed by atoms with Gasteiger partial charge in [-0.05, 0) is 0 Å². The molecule has 0 aliphatic carbocycles. The van der Waals surface area contributed by atoms with Crippen LogP contribution in [0.15, 0.2) is 0 Å². The minimum atomic E-state index is 0.700. The molecule has 0 spiro atoms. The van der Waals surface area contributed by atoms with Crippen LogP contribution in [0.1, 0.15) is 52.4 Å². The molecule has 0 saturated carbocycles. The van der Waals surface area contributed by atoms with Crippen LogP contribution in [0.25, 0.3) is 0 Å². The third kappa shape index (κ3) is 15.8. The molecule has 0 unspecified atom stereocenters. The molecule has 0 aromatic heterocycles. The molecule has 1 nitrogen and oxygen atoms in total. The zero-order valence-corrected chi connectivity index (χ0v) is 9.07. The van der Waals surface area contributed by atoms with Gasteiger partial charge in [-0.3, -0.25) is 0 Å². The average Bonchev–Trinajstić information content (AvgIpc) is 2.02. The first-order chi connectivity index (χ1) is 4.91. The first-order valence-electron chi connectivity index (χ1n) is 4.08. The summed E-state index contributed by atoms with van der Waals surface area (Å²) in [5.74, 6) is 0. The van der Waals surface area contributed by atoms with Crippen LogP contribution in [-0.2, 0) is 23.2 Å². The Morgan fingerprint density at radius 3 is 1.30 bits per heavy atom. The van der Waals surface area contributed by atoms with Gasteiger partial charge in [0.25, 0.3) is 0 Å². The second kappa shape index (κ2) is 16.2. The molecule has 0 saturated heterocycles. The van der Waals surface area contributed by atoms with Gasteiger partial charge in [-0.1, -0.05) is 52.4 Å². The SMILES string of the molecule is CCCCCCCC.[O]=[Mo]. The van der Waals surface area contributed by atoms with Crippen molar-refractivity contribution in [1.29, 1.82) is 0 Å². The monoisotopic (exact) mass is 228 g/mol. The number of rotatable bonds is 5. The summed E-state index contributed by atoms with van der Waals surface area (Å²) in [6.07, 6.45) is 8.49. The molecule has 0 bridgehead atoms. The van der Waals surface area contributed by atoms with Crippen LogP contribution < -0.4 is 0 Å². The molecule has 0 amide bonds. The van der Waals surface area contributed by atoms with E-state index in [1.807, 2.05) is 0 Å². The standard InChI is InChI=1S/C8H18.Mo.O/c1-3-5-7-8-6-4-2;;/h3-8H2,1-2H3;;. The Balaban J connectivity index is 0. The Morgan fingerprint density at radius 2 is 1.10 bits per heavy atom. The molecule has 0 atom stereocenters. The molecule has 0 aliphatic heterocycles. The van der Waals surface area contributed by atoms with Crippen molar-refractivity contribution in [2.75, 3.05) is 0 Å². The molecule has 2 heteroatoms. The van der Waals surface area contributed by atoms with Gasteiger partial charge >= 0.3 is 23.2 Å². The Bertz CT molecular complexity index is 42.5. The summed E-state index contributed by atoms with van der Waals surface area (Å²) < 4.78 is 8.26. The number of hydrogen-bond acceptors (Lipinski definition) is 1. The summed E-state index contributed by atoms with van der Waals surface area (Å²) in [5.41, 5.74) is 0. The van der Waals surface area contributed by atoms with Crippen LogP contribution >= 0.6 is 0 Å². The summed E-state index contributed by atoms with van der Waals surface area (Å²) >= 11 is 0.700. The first-order valence-corrected chi connectivity index (χ1v) is 4.90. The Kier molecular flexibility index (Phi) is 21.3. The van der Waals surface area contributed by atoms with Crippen molar-refractivity contribution in [1.82, 2.24) is 0 Å². The van der Waals surface area contributed by atoms with Crippen LogP contribution in [-0.4, -0.2) is 0 Å². The van der Waals surface area contributed by atoms with E-state index < -0.39 is 0 Å². The topological polar surface area (TPSA) is 17.1 Å². The van der Waals surface area contributed by atoms with Crippen LogP contribution in [0.5, 0.6) is 0 Å². The maximum atomic E-state index is 8.26. The Hall–Kier alpha value is 0.488. The van der Waals surface area contributed by atoms with Crippen LogP contribution in [0.3, 0.4) is 0 Å². The van der Waals surface area contributed by atoms with Gasteiger partial charge in [0.15, 0.2) is 0 Å². The van der Waals surface area contributed by atoms with Crippen molar-refractivity contribution in [2.24, 2.45) is 0 Å². The van der Waals surface area contributed by atoms with E-state index in [1.165, 1.54) is 38.5 Å². The molecule has 10 heavy (non-hydrogen) atoms. The summed E-state index contributed by atoms with van der Waals surface area (Å²) in [5, 5.41) is 0. The Morgan fingerprint density at radius 1 is 0.800 bits per heavy atom. The minimum absolute atomic E-state index is 0.700. The van der Waals surface area contributed by atoms with Crippen LogP contribution in [0, 0.1) is 0 Å². The second-order valence-electron chi connectivity index (χ2n) is 2.41. The van der Waals surface area contributed by atoms with E-state index >= 15 is 0 Å². The molecular formula is C8H18MoO. The van der Waals surface area contributed by atoms with E-state index in [-0.39, 0.29) is 0 Å². The molecule has 0 aromatic rings. The Labute approximate surface area is 75.8 Å². The number of unbranched alkanes of at least 4 members (excludes halogenated alkanes) is 5. The zero-order valence-electron chi connectivity index (χ0n) is 7.06. The van der Waals surface area contributed by atoms with Crippen molar-refractivity contribution >= 4 is 0 Å². The molecule has 0 aliphatic rings. The maximum absolute atomic E-state index is 8.26. The predicted molar refractivity (Wildman–Crippen MR) is 39.7 cm³/mol. The van der Waals surface area contributed by atoms with Gasteiger partial charge in [0.1, 0.15) is 0 Å². The van der Waals surface area contributed by atoms with Crippen molar-refractivity contribution in [2.45, 2.75) is 52.4 Å². The van der Waals surface area contributed by atoms with Gasteiger partial charge in [0, 0.05) is 0 Å². The van der Waals surface area contributed by atoms with E-state index in [1.54, 1.807) is 0 Å². The van der Waals surface area contributed by atoms with Crippen molar-refractivity contribution < 1.29 is 23.2 Å². The van der Waals surface area contributed by atoms with Crippen molar-refractivity contribution in [3.63, 3.8) is 0 Å². The van der Waals surface area contributed by atoms with E-state index in [9.17, 15) is 0 Å². The quantitative estimate of drug-likeness (QED) is 0.519. The van der Waals surface area contributed by atoms with Gasteiger partial charge in [0.05, 0.1) is 0 Å². The fourth-order valence-electron chi connectivity index (χ4n) is 0.854. The van der Waals surface area contributed by atoms with Crippen molar-refractivity contribution in [3.05, 3.63) is 0 Å². The van der Waals surface area contributed by atoms with E-state index in [0.29, 0.717) is 19.8 Å². The van der Waals surface area contributed by atoms with E-state index in [0.717, 1.165) is 0 Å². The molecule has 0 rings (SSSR count). The summed E-state index contributed by atoms with van der Waals surface area (Å²) in [6, 6.07) is 0. The molecule has 0 aromatic carbocycles. The van der Waals surface area contributed by atoms with Gasteiger partial charge < -0.3 is 0 Å². The first kappa shape index (κ1) is 13.1.